The second-order valence-corrected chi connectivity index (χ2v) is 11.3. The molecular weight excluding hydrogens is 481 g/mol. The Kier molecular flexibility index (Phi) is 6.34. The van der Waals surface area contributed by atoms with E-state index >= 15 is 0 Å². The zero-order valence-corrected chi connectivity index (χ0v) is 22.0. The molecule has 1 saturated heterocycles. The van der Waals surface area contributed by atoms with Crippen molar-refractivity contribution in [1.82, 2.24) is 14.8 Å². The molecule has 1 aromatic heterocycles. The monoisotopic (exact) mass is 515 g/mol. The minimum Gasteiger partial charge on any atom is -0.478 e. The highest BCUT2D eigenvalue weighted by atomic mass is 19.1. The van der Waals surface area contributed by atoms with Gasteiger partial charge >= 0.3 is 5.97 Å². The molecule has 0 radical (unpaired) electrons. The first-order valence-corrected chi connectivity index (χ1v) is 13.8. The molecule has 3 heterocycles. The van der Waals surface area contributed by atoms with E-state index in [2.05, 4.69) is 23.7 Å². The van der Waals surface area contributed by atoms with Crippen molar-refractivity contribution in [3.63, 3.8) is 0 Å². The number of aromatic nitrogens is 1. The molecule has 1 saturated carbocycles. The molecule has 0 bridgehead atoms. The standard InChI is InChI=1S/C31H34FN3O3/c1-18-15-34(16-19(2)33-18)30(36)23-12-22-13-24(32)9-11-25(22)29-28(20-6-4-3-5-7-20)26-10-8-21(31(37)38)14-27(26)35(29)17-23/h8-14,18-20,33H,3-7,15-17H2,1-2H3,(H,37,38)/t18-,19+. The molecule has 38 heavy (non-hydrogen) atoms. The lowest BCUT2D eigenvalue weighted by Gasteiger charge is -2.36. The number of halogens is 1. The van der Waals surface area contributed by atoms with Crippen molar-refractivity contribution in [3.8, 4) is 11.3 Å². The fourth-order valence-corrected chi connectivity index (χ4v) is 6.87. The molecule has 2 aromatic carbocycles. The Morgan fingerprint density at radius 3 is 2.45 bits per heavy atom. The van der Waals surface area contributed by atoms with Gasteiger partial charge in [0.1, 0.15) is 5.82 Å². The summed E-state index contributed by atoms with van der Waals surface area (Å²) in [7, 11) is 0. The quantitative estimate of drug-likeness (QED) is 0.462. The van der Waals surface area contributed by atoms with E-state index in [9.17, 15) is 19.1 Å². The summed E-state index contributed by atoms with van der Waals surface area (Å²) in [5.74, 6) is -1.03. The van der Waals surface area contributed by atoms with Gasteiger partial charge in [0.05, 0.1) is 17.8 Å². The van der Waals surface area contributed by atoms with Crippen LogP contribution < -0.4 is 5.32 Å². The van der Waals surface area contributed by atoms with Crippen LogP contribution in [-0.4, -0.2) is 51.6 Å². The molecule has 3 aliphatic rings. The number of aromatic carboxylic acids is 1. The van der Waals surface area contributed by atoms with Gasteiger partial charge in [-0.1, -0.05) is 25.3 Å². The van der Waals surface area contributed by atoms with Crippen molar-refractivity contribution in [2.75, 3.05) is 13.1 Å². The minimum absolute atomic E-state index is 0.0521. The van der Waals surface area contributed by atoms with Gasteiger partial charge in [-0.15, -0.1) is 0 Å². The molecule has 198 valence electrons. The molecule has 2 atom stereocenters. The number of benzene rings is 2. The van der Waals surface area contributed by atoms with Crippen LogP contribution in [-0.2, 0) is 11.3 Å². The molecule has 1 amide bonds. The first kappa shape index (κ1) is 24.9. The lowest BCUT2D eigenvalue weighted by Crippen LogP contribution is -2.56. The number of piperazine rings is 1. The van der Waals surface area contributed by atoms with Gasteiger partial charge in [-0.05, 0) is 80.1 Å². The molecule has 3 aromatic rings. The number of carbonyl (C=O) groups is 2. The summed E-state index contributed by atoms with van der Waals surface area (Å²) in [6.45, 7) is 5.66. The Morgan fingerprint density at radius 2 is 1.74 bits per heavy atom. The van der Waals surface area contributed by atoms with Crippen molar-refractivity contribution in [1.29, 1.82) is 0 Å². The molecule has 0 unspecified atom stereocenters. The number of fused-ring (bicyclic) bond motifs is 5. The van der Waals surface area contributed by atoms with Gasteiger partial charge in [0, 0.05) is 47.2 Å². The van der Waals surface area contributed by atoms with Gasteiger partial charge in [0.2, 0.25) is 0 Å². The van der Waals surface area contributed by atoms with Crippen molar-refractivity contribution in [2.45, 2.75) is 70.5 Å². The summed E-state index contributed by atoms with van der Waals surface area (Å²) >= 11 is 0. The van der Waals surface area contributed by atoms with Crippen LogP contribution in [0.4, 0.5) is 4.39 Å². The Bertz CT molecular complexity index is 1460. The zero-order chi connectivity index (χ0) is 26.6. The van der Waals surface area contributed by atoms with Crippen LogP contribution in [0.5, 0.6) is 0 Å². The Hall–Kier alpha value is -3.45. The van der Waals surface area contributed by atoms with E-state index in [4.69, 9.17) is 0 Å². The molecule has 6 nitrogen and oxygen atoms in total. The Labute approximate surface area is 222 Å². The molecule has 6 rings (SSSR count). The van der Waals surface area contributed by atoms with Gasteiger partial charge in [-0.3, -0.25) is 4.79 Å². The van der Waals surface area contributed by atoms with E-state index in [1.165, 1.54) is 24.1 Å². The van der Waals surface area contributed by atoms with Crippen LogP contribution in [0, 0.1) is 5.82 Å². The van der Waals surface area contributed by atoms with Gasteiger partial charge in [-0.25, -0.2) is 9.18 Å². The van der Waals surface area contributed by atoms with Crippen molar-refractivity contribution >= 4 is 28.9 Å². The number of hydrogen-bond donors (Lipinski definition) is 2. The maximum absolute atomic E-state index is 14.6. The van der Waals surface area contributed by atoms with Crippen LogP contribution in [0.3, 0.4) is 0 Å². The van der Waals surface area contributed by atoms with E-state index in [0.29, 0.717) is 36.7 Å². The summed E-state index contributed by atoms with van der Waals surface area (Å²) in [5.41, 5.74) is 5.41. The Balaban J connectivity index is 1.58. The summed E-state index contributed by atoms with van der Waals surface area (Å²) in [4.78, 5) is 27.8. The van der Waals surface area contributed by atoms with Gasteiger partial charge in [0.15, 0.2) is 0 Å². The predicted octanol–water partition coefficient (Wildman–Crippen LogP) is 5.80. The first-order valence-electron chi connectivity index (χ1n) is 13.8. The number of carboxylic acids is 1. The van der Waals surface area contributed by atoms with Gasteiger partial charge in [-0.2, -0.15) is 0 Å². The number of hydrogen-bond acceptors (Lipinski definition) is 3. The fourth-order valence-electron chi connectivity index (χ4n) is 6.87. The van der Waals surface area contributed by atoms with Crippen molar-refractivity contribution in [3.05, 3.63) is 64.5 Å². The molecule has 7 heteroatoms. The minimum atomic E-state index is -0.978. The number of amides is 1. The van der Waals surface area contributed by atoms with Crippen molar-refractivity contribution < 1.29 is 19.1 Å². The summed E-state index contributed by atoms with van der Waals surface area (Å²) in [6.07, 6.45) is 7.52. The van der Waals surface area contributed by atoms with E-state index in [1.54, 1.807) is 12.1 Å². The predicted molar refractivity (Wildman–Crippen MR) is 147 cm³/mol. The largest absolute Gasteiger partial charge is 0.478 e. The SMILES string of the molecule is C[C@@H]1CN(C(=O)C2=Cc3cc(F)ccc3-c3c(C4CCCCC4)c4ccc(C(=O)O)cc4n3C2)C[C@H](C)N1. The second kappa shape index (κ2) is 9.70. The molecule has 2 N–H and O–H groups in total. The lowest BCUT2D eigenvalue weighted by atomic mass is 9.81. The number of carbonyl (C=O) groups excluding carboxylic acids is 1. The average molecular weight is 516 g/mol. The summed E-state index contributed by atoms with van der Waals surface area (Å²) < 4.78 is 16.7. The topological polar surface area (TPSA) is 74.6 Å². The highest BCUT2D eigenvalue weighted by Crippen LogP contribution is 2.46. The third-order valence-corrected chi connectivity index (χ3v) is 8.41. The van der Waals surface area contributed by atoms with Crippen LogP contribution in [0.15, 0.2) is 42.0 Å². The van der Waals surface area contributed by atoms with Crippen molar-refractivity contribution in [2.24, 2.45) is 0 Å². The molecule has 2 fully saturated rings. The first-order chi connectivity index (χ1) is 18.3. The number of rotatable bonds is 3. The fraction of sp³-hybridized carbons (Fsp3) is 0.419. The number of nitrogens with zero attached hydrogens (tertiary/aromatic N) is 2. The van der Waals surface area contributed by atoms with Gasteiger partial charge in [0.25, 0.3) is 5.91 Å². The Morgan fingerprint density at radius 1 is 1.00 bits per heavy atom. The maximum atomic E-state index is 14.6. The molecule has 0 spiro atoms. The zero-order valence-electron chi connectivity index (χ0n) is 22.0. The van der Waals surface area contributed by atoms with Crippen LogP contribution in [0.2, 0.25) is 0 Å². The van der Waals surface area contributed by atoms with Crippen LogP contribution in [0.1, 0.15) is 73.4 Å². The average Bonchev–Trinajstić information content (AvgIpc) is 3.11. The van der Waals surface area contributed by atoms with E-state index in [1.807, 2.05) is 23.1 Å². The summed E-state index contributed by atoms with van der Waals surface area (Å²) in [5, 5.41) is 14.3. The molecule has 2 aliphatic heterocycles. The number of nitrogens with one attached hydrogen (secondary N) is 1. The van der Waals surface area contributed by atoms with Gasteiger partial charge < -0.3 is 19.9 Å². The van der Waals surface area contributed by atoms with Crippen LogP contribution in [0.25, 0.3) is 28.2 Å². The third kappa shape index (κ3) is 4.33. The highest BCUT2D eigenvalue weighted by Gasteiger charge is 2.32. The van der Waals surface area contributed by atoms with E-state index in [0.717, 1.165) is 47.8 Å². The third-order valence-electron chi connectivity index (χ3n) is 8.41. The highest BCUT2D eigenvalue weighted by molar-refractivity contribution is 6.03. The lowest BCUT2D eigenvalue weighted by molar-refractivity contribution is -0.129. The maximum Gasteiger partial charge on any atom is 0.335 e. The summed E-state index contributed by atoms with van der Waals surface area (Å²) in [6, 6.07) is 10.5. The van der Waals surface area contributed by atoms with E-state index in [-0.39, 0.29) is 29.4 Å². The smallest absolute Gasteiger partial charge is 0.335 e. The normalized spacial score (nSPS) is 22.0. The van der Waals surface area contributed by atoms with E-state index < -0.39 is 5.97 Å². The number of carboxylic acid groups (broad SMARTS) is 1. The molecule has 1 aliphatic carbocycles. The second-order valence-electron chi connectivity index (χ2n) is 11.3. The molecular formula is C31H34FN3O3. The van der Waals surface area contributed by atoms with Crippen LogP contribution >= 0.6 is 0 Å².